The van der Waals surface area contributed by atoms with Gasteiger partial charge in [0.1, 0.15) is 5.75 Å². The van der Waals surface area contributed by atoms with Crippen molar-refractivity contribution in [3.05, 3.63) is 42.2 Å². The zero-order chi connectivity index (χ0) is 10.7. The summed E-state index contributed by atoms with van der Waals surface area (Å²) >= 11 is 0. The number of aliphatic hydroxyl groups excluding tert-OH is 1. The number of rotatable bonds is 3. The second kappa shape index (κ2) is 4.14. The largest absolute Gasteiger partial charge is 0.426 e. The Morgan fingerprint density at radius 2 is 2.07 bits per heavy atom. The summed E-state index contributed by atoms with van der Waals surface area (Å²) in [6.07, 6.45) is 3.49. The molecule has 0 saturated heterocycles. The van der Waals surface area contributed by atoms with Gasteiger partial charge in [0.25, 0.3) is 0 Å². The van der Waals surface area contributed by atoms with Gasteiger partial charge in [0.2, 0.25) is 0 Å². The molecule has 1 heterocycles. The molecule has 0 unspecified atom stereocenters. The van der Waals surface area contributed by atoms with E-state index >= 15 is 0 Å². The summed E-state index contributed by atoms with van der Waals surface area (Å²) in [4.78, 5) is 4.05. The molecule has 15 heavy (non-hydrogen) atoms. The zero-order valence-corrected chi connectivity index (χ0v) is 8.42. The van der Waals surface area contributed by atoms with Gasteiger partial charge in [-0.25, -0.2) is 4.98 Å². The molecule has 2 aromatic rings. The van der Waals surface area contributed by atoms with E-state index < -0.39 is 0 Å². The number of nitrogens with zero attached hydrogens (tertiary/aromatic N) is 2. The normalized spacial score (nSPS) is 10.3. The average molecular weight is 204 g/mol. The van der Waals surface area contributed by atoms with Crippen LogP contribution in [0.5, 0.6) is 11.8 Å². The molecule has 4 heteroatoms. The number of benzene rings is 1. The van der Waals surface area contributed by atoms with Gasteiger partial charge in [-0.3, -0.25) is 0 Å². The molecule has 0 radical (unpaired) electrons. The summed E-state index contributed by atoms with van der Waals surface area (Å²) in [5, 5.41) is 8.87. The van der Waals surface area contributed by atoms with Crippen LogP contribution in [0.15, 0.2) is 36.7 Å². The van der Waals surface area contributed by atoms with Gasteiger partial charge >= 0.3 is 6.01 Å². The van der Waals surface area contributed by atoms with Gasteiger partial charge in [0.05, 0.1) is 6.61 Å². The molecule has 78 valence electrons. The fourth-order valence-corrected chi connectivity index (χ4v) is 1.22. The van der Waals surface area contributed by atoms with Crippen LogP contribution in [0.25, 0.3) is 0 Å². The first kappa shape index (κ1) is 9.73. The summed E-state index contributed by atoms with van der Waals surface area (Å²) in [5.41, 5.74) is 0.863. The summed E-state index contributed by atoms with van der Waals surface area (Å²) in [6, 6.07) is 7.79. The third-order valence-corrected chi connectivity index (χ3v) is 2.09. The maximum atomic E-state index is 8.87. The molecule has 0 fully saturated rings. The molecule has 0 saturated carbocycles. The van der Waals surface area contributed by atoms with Crippen LogP contribution in [0, 0.1) is 0 Å². The van der Waals surface area contributed by atoms with Crippen molar-refractivity contribution in [1.82, 2.24) is 9.55 Å². The Bertz CT molecular complexity index is 434. The van der Waals surface area contributed by atoms with Crippen LogP contribution in [-0.4, -0.2) is 14.7 Å². The maximum Gasteiger partial charge on any atom is 0.301 e. The van der Waals surface area contributed by atoms with Crippen LogP contribution in [-0.2, 0) is 13.7 Å². The van der Waals surface area contributed by atoms with Crippen molar-refractivity contribution in [1.29, 1.82) is 0 Å². The molecule has 0 bridgehead atoms. The van der Waals surface area contributed by atoms with E-state index in [2.05, 4.69) is 4.98 Å². The Labute approximate surface area is 87.8 Å². The summed E-state index contributed by atoms with van der Waals surface area (Å²) in [7, 11) is 1.87. The number of aliphatic hydroxyl groups is 1. The number of ether oxygens (including phenoxy) is 1. The second-order valence-corrected chi connectivity index (χ2v) is 3.22. The van der Waals surface area contributed by atoms with E-state index in [4.69, 9.17) is 9.84 Å². The summed E-state index contributed by atoms with van der Waals surface area (Å²) < 4.78 is 7.31. The van der Waals surface area contributed by atoms with Gasteiger partial charge in [0.15, 0.2) is 0 Å². The standard InChI is InChI=1S/C11H12N2O2/c1-13-7-6-12-11(13)15-10-4-2-9(8-14)3-5-10/h2-7,14H,8H2,1H3. The van der Waals surface area contributed by atoms with Crippen molar-refractivity contribution in [3.63, 3.8) is 0 Å². The van der Waals surface area contributed by atoms with E-state index in [-0.39, 0.29) is 6.61 Å². The van der Waals surface area contributed by atoms with Gasteiger partial charge in [-0.05, 0) is 17.7 Å². The lowest BCUT2D eigenvalue weighted by atomic mass is 10.2. The van der Waals surface area contributed by atoms with Crippen LogP contribution in [0.3, 0.4) is 0 Å². The Kier molecular flexibility index (Phi) is 2.69. The van der Waals surface area contributed by atoms with Crippen molar-refractivity contribution in [3.8, 4) is 11.8 Å². The van der Waals surface area contributed by atoms with Gasteiger partial charge in [-0.15, -0.1) is 0 Å². The fraction of sp³-hybridized carbons (Fsp3) is 0.182. The van der Waals surface area contributed by atoms with Gasteiger partial charge in [-0.1, -0.05) is 12.1 Å². The Morgan fingerprint density at radius 3 is 2.60 bits per heavy atom. The molecule has 4 nitrogen and oxygen atoms in total. The van der Waals surface area contributed by atoms with E-state index in [9.17, 15) is 0 Å². The van der Waals surface area contributed by atoms with Crippen LogP contribution in [0.4, 0.5) is 0 Å². The molecular weight excluding hydrogens is 192 g/mol. The molecular formula is C11H12N2O2. The Balaban J connectivity index is 2.14. The highest BCUT2D eigenvalue weighted by Gasteiger charge is 2.01. The third kappa shape index (κ3) is 2.16. The highest BCUT2D eigenvalue weighted by Crippen LogP contribution is 2.19. The first-order valence-electron chi connectivity index (χ1n) is 4.64. The number of hydrogen-bond acceptors (Lipinski definition) is 3. The smallest absolute Gasteiger partial charge is 0.301 e. The van der Waals surface area contributed by atoms with E-state index in [1.165, 1.54) is 0 Å². The highest BCUT2D eigenvalue weighted by molar-refractivity contribution is 5.28. The van der Waals surface area contributed by atoms with Gasteiger partial charge < -0.3 is 14.4 Å². The minimum atomic E-state index is 0.0443. The van der Waals surface area contributed by atoms with Crippen molar-refractivity contribution in [2.24, 2.45) is 7.05 Å². The summed E-state index contributed by atoms with van der Waals surface area (Å²) in [6.45, 7) is 0.0443. The molecule has 0 aliphatic carbocycles. The average Bonchev–Trinajstić information content (AvgIpc) is 2.66. The molecule has 1 aromatic carbocycles. The maximum absolute atomic E-state index is 8.87. The van der Waals surface area contributed by atoms with Gasteiger partial charge in [-0.2, -0.15) is 0 Å². The predicted molar refractivity (Wildman–Crippen MR) is 55.6 cm³/mol. The molecule has 1 N–H and O–H groups in total. The first-order chi connectivity index (χ1) is 7.29. The molecule has 0 aliphatic rings. The molecule has 1 aromatic heterocycles. The van der Waals surface area contributed by atoms with Crippen molar-refractivity contribution >= 4 is 0 Å². The Morgan fingerprint density at radius 1 is 1.33 bits per heavy atom. The number of aryl methyl sites for hydroxylation is 1. The number of imidazole rings is 1. The SMILES string of the molecule is Cn1ccnc1Oc1ccc(CO)cc1. The van der Waals surface area contributed by atoms with E-state index in [1.54, 1.807) is 22.9 Å². The van der Waals surface area contributed by atoms with Gasteiger partial charge in [0, 0.05) is 19.4 Å². The molecule has 0 amide bonds. The van der Waals surface area contributed by atoms with E-state index in [0.29, 0.717) is 11.8 Å². The lowest BCUT2D eigenvalue weighted by Gasteiger charge is -2.04. The molecule has 2 rings (SSSR count). The highest BCUT2D eigenvalue weighted by atomic mass is 16.5. The van der Waals surface area contributed by atoms with Crippen LogP contribution in [0.2, 0.25) is 0 Å². The topological polar surface area (TPSA) is 47.3 Å². The van der Waals surface area contributed by atoms with Crippen LogP contribution < -0.4 is 4.74 Å². The zero-order valence-electron chi connectivity index (χ0n) is 8.42. The lowest BCUT2D eigenvalue weighted by Crippen LogP contribution is -1.93. The van der Waals surface area contributed by atoms with Crippen LogP contribution in [0.1, 0.15) is 5.56 Å². The monoisotopic (exact) mass is 204 g/mol. The lowest BCUT2D eigenvalue weighted by molar-refractivity contribution is 0.281. The third-order valence-electron chi connectivity index (χ3n) is 2.09. The van der Waals surface area contributed by atoms with E-state index in [0.717, 1.165) is 5.56 Å². The van der Waals surface area contributed by atoms with Crippen molar-refractivity contribution in [2.45, 2.75) is 6.61 Å². The minimum absolute atomic E-state index is 0.0443. The first-order valence-corrected chi connectivity index (χ1v) is 4.64. The number of hydrogen-bond donors (Lipinski definition) is 1. The molecule has 0 spiro atoms. The minimum Gasteiger partial charge on any atom is -0.426 e. The predicted octanol–water partition coefficient (Wildman–Crippen LogP) is 1.70. The fourth-order valence-electron chi connectivity index (χ4n) is 1.22. The van der Waals surface area contributed by atoms with Crippen molar-refractivity contribution < 1.29 is 9.84 Å². The second-order valence-electron chi connectivity index (χ2n) is 3.22. The van der Waals surface area contributed by atoms with Crippen LogP contribution >= 0.6 is 0 Å². The molecule has 0 atom stereocenters. The van der Waals surface area contributed by atoms with Crippen molar-refractivity contribution in [2.75, 3.05) is 0 Å². The molecule has 0 aliphatic heterocycles. The Hall–Kier alpha value is -1.81. The quantitative estimate of drug-likeness (QED) is 0.827. The summed E-state index contributed by atoms with van der Waals surface area (Å²) in [5.74, 6) is 0.710. The van der Waals surface area contributed by atoms with E-state index in [1.807, 2.05) is 25.4 Å². The number of aromatic nitrogens is 2.